The van der Waals surface area contributed by atoms with E-state index in [2.05, 4.69) is 18.0 Å². The molecule has 1 N–H and O–H groups in total. The molecule has 0 bridgehead atoms. The highest BCUT2D eigenvalue weighted by atomic mass is 32.1. The van der Waals surface area contributed by atoms with Crippen LogP contribution in [0, 0.1) is 0 Å². The van der Waals surface area contributed by atoms with Crippen LogP contribution in [0.2, 0.25) is 0 Å². The predicted molar refractivity (Wildman–Crippen MR) is 67.9 cm³/mol. The molecule has 1 saturated carbocycles. The Hall–Kier alpha value is -1.42. The molecule has 0 aromatic carbocycles. The summed E-state index contributed by atoms with van der Waals surface area (Å²) >= 11 is 1.28. The maximum Gasteiger partial charge on any atom is 0.345 e. The fraction of sp³-hybridized carbons (Fsp3) is 0.385. The van der Waals surface area contributed by atoms with Crippen molar-refractivity contribution in [1.82, 2.24) is 4.98 Å². The molecule has 4 heteroatoms. The van der Waals surface area contributed by atoms with E-state index in [4.69, 9.17) is 5.11 Å². The second-order valence-electron chi connectivity index (χ2n) is 4.47. The van der Waals surface area contributed by atoms with Crippen molar-refractivity contribution in [2.75, 3.05) is 0 Å². The molecule has 0 spiro atoms. The van der Waals surface area contributed by atoms with Crippen molar-refractivity contribution in [3.63, 3.8) is 0 Å². The average Bonchev–Trinajstić information content (AvgIpc) is 3.06. The maximum absolute atomic E-state index is 11.0. The fourth-order valence-corrected chi connectivity index (χ4v) is 3.03. The van der Waals surface area contributed by atoms with Gasteiger partial charge < -0.3 is 5.11 Å². The molecule has 17 heavy (non-hydrogen) atoms. The SMILES string of the molecule is CCc1cc(C2CC2)c2cc(C(=O)O)sc2n1. The van der Waals surface area contributed by atoms with E-state index in [1.165, 1.54) is 29.7 Å². The van der Waals surface area contributed by atoms with Crippen LogP contribution in [0.15, 0.2) is 12.1 Å². The van der Waals surface area contributed by atoms with Gasteiger partial charge in [-0.25, -0.2) is 9.78 Å². The number of hydrogen-bond donors (Lipinski definition) is 1. The second kappa shape index (κ2) is 3.81. The predicted octanol–water partition coefficient (Wildman–Crippen LogP) is 3.43. The zero-order valence-electron chi connectivity index (χ0n) is 9.56. The van der Waals surface area contributed by atoms with Gasteiger partial charge in [0.15, 0.2) is 0 Å². The van der Waals surface area contributed by atoms with E-state index in [0.29, 0.717) is 10.8 Å². The lowest BCUT2D eigenvalue weighted by molar-refractivity contribution is 0.0702. The Morgan fingerprint density at radius 3 is 2.88 bits per heavy atom. The van der Waals surface area contributed by atoms with Gasteiger partial charge in [0.05, 0.1) is 0 Å². The zero-order valence-corrected chi connectivity index (χ0v) is 10.4. The highest BCUT2D eigenvalue weighted by molar-refractivity contribution is 7.20. The third kappa shape index (κ3) is 1.82. The molecule has 0 amide bonds. The van der Waals surface area contributed by atoms with Crippen molar-refractivity contribution in [2.45, 2.75) is 32.1 Å². The van der Waals surface area contributed by atoms with Gasteiger partial charge in [-0.2, -0.15) is 0 Å². The van der Waals surface area contributed by atoms with Crippen molar-refractivity contribution in [1.29, 1.82) is 0 Å². The summed E-state index contributed by atoms with van der Waals surface area (Å²) in [5.41, 5.74) is 2.37. The largest absolute Gasteiger partial charge is 0.477 e. The van der Waals surface area contributed by atoms with E-state index >= 15 is 0 Å². The summed E-state index contributed by atoms with van der Waals surface area (Å²) in [5.74, 6) is -0.227. The Morgan fingerprint density at radius 2 is 2.29 bits per heavy atom. The summed E-state index contributed by atoms with van der Waals surface area (Å²) in [6.45, 7) is 2.08. The number of fused-ring (bicyclic) bond motifs is 1. The van der Waals surface area contributed by atoms with E-state index in [0.717, 1.165) is 22.3 Å². The average molecular weight is 247 g/mol. The van der Waals surface area contributed by atoms with Gasteiger partial charge in [-0.15, -0.1) is 11.3 Å². The number of aromatic nitrogens is 1. The first-order valence-electron chi connectivity index (χ1n) is 5.85. The van der Waals surface area contributed by atoms with Crippen LogP contribution in [0.4, 0.5) is 0 Å². The van der Waals surface area contributed by atoms with Crippen LogP contribution in [0.25, 0.3) is 10.2 Å². The van der Waals surface area contributed by atoms with Crippen LogP contribution >= 0.6 is 11.3 Å². The van der Waals surface area contributed by atoms with E-state index < -0.39 is 5.97 Å². The summed E-state index contributed by atoms with van der Waals surface area (Å²) in [7, 11) is 0. The Bertz CT molecular complexity index is 599. The number of pyridine rings is 1. The number of aromatic carboxylic acids is 1. The second-order valence-corrected chi connectivity index (χ2v) is 5.50. The number of rotatable bonds is 3. The standard InChI is InChI=1S/C13H13NO2S/c1-2-8-5-9(7-3-4-7)10-6-11(13(15)16)17-12(10)14-8/h5-7H,2-4H2,1H3,(H,15,16). The first kappa shape index (κ1) is 10.7. The van der Waals surface area contributed by atoms with Crippen molar-refractivity contribution >= 4 is 27.5 Å². The van der Waals surface area contributed by atoms with Crippen molar-refractivity contribution in [3.8, 4) is 0 Å². The van der Waals surface area contributed by atoms with E-state index in [-0.39, 0.29) is 0 Å². The van der Waals surface area contributed by atoms with Gasteiger partial charge in [0.1, 0.15) is 9.71 Å². The molecule has 0 atom stereocenters. The monoisotopic (exact) mass is 247 g/mol. The fourth-order valence-electron chi connectivity index (χ4n) is 2.11. The summed E-state index contributed by atoms with van der Waals surface area (Å²) in [6.07, 6.45) is 3.34. The lowest BCUT2D eigenvalue weighted by Gasteiger charge is -2.03. The van der Waals surface area contributed by atoms with E-state index in [1.807, 2.05) is 0 Å². The molecule has 1 aliphatic rings. The topological polar surface area (TPSA) is 50.2 Å². The molecule has 2 aromatic heterocycles. The molecule has 2 heterocycles. The van der Waals surface area contributed by atoms with Crippen LogP contribution in [0.5, 0.6) is 0 Å². The first-order valence-corrected chi connectivity index (χ1v) is 6.67. The molecule has 0 radical (unpaired) electrons. The molecule has 0 unspecified atom stereocenters. The van der Waals surface area contributed by atoms with Crippen molar-refractivity contribution in [3.05, 3.63) is 28.3 Å². The van der Waals surface area contributed by atoms with Gasteiger partial charge in [0.2, 0.25) is 0 Å². The highest BCUT2D eigenvalue weighted by Gasteiger charge is 2.27. The summed E-state index contributed by atoms with van der Waals surface area (Å²) in [4.78, 5) is 16.8. The van der Waals surface area contributed by atoms with Gasteiger partial charge in [-0.1, -0.05) is 6.92 Å². The van der Waals surface area contributed by atoms with Gasteiger partial charge in [0.25, 0.3) is 0 Å². The number of hydrogen-bond acceptors (Lipinski definition) is 3. The zero-order chi connectivity index (χ0) is 12.0. The molecular weight excluding hydrogens is 234 g/mol. The van der Waals surface area contributed by atoms with Gasteiger partial charge in [0, 0.05) is 11.1 Å². The highest BCUT2D eigenvalue weighted by Crippen LogP contribution is 2.44. The molecule has 88 valence electrons. The number of carbonyl (C=O) groups is 1. The van der Waals surface area contributed by atoms with Crippen LogP contribution in [0.3, 0.4) is 0 Å². The minimum atomic E-state index is -0.854. The Balaban J connectivity index is 2.24. The Labute approximate surface area is 103 Å². The quantitative estimate of drug-likeness (QED) is 0.904. The number of carboxylic acid groups (broad SMARTS) is 1. The minimum Gasteiger partial charge on any atom is -0.477 e. The van der Waals surface area contributed by atoms with E-state index in [1.54, 1.807) is 6.07 Å². The summed E-state index contributed by atoms with van der Waals surface area (Å²) in [5, 5.41) is 10.1. The number of aryl methyl sites for hydroxylation is 1. The molecule has 3 nitrogen and oxygen atoms in total. The van der Waals surface area contributed by atoms with Crippen LogP contribution in [-0.2, 0) is 6.42 Å². The van der Waals surface area contributed by atoms with Crippen LogP contribution in [-0.4, -0.2) is 16.1 Å². The number of thiophene rings is 1. The molecule has 2 aromatic rings. The van der Waals surface area contributed by atoms with Gasteiger partial charge in [-0.3, -0.25) is 0 Å². The third-order valence-corrected chi connectivity index (χ3v) is 4.20. The molecule has 0 saturated heterocycles. The third-order valence-electron chi connectivity index (χ3n) is 3.18. The lowest BCUT2D eigenvalue weighted by atomic mass is 10.1. The van der Waals surface area contributed by atoms with E-state index in [9.17, 15) is 4.79 Å². The van der Waals surface area contributed by atoms with Crippen molar-refractivity contribution in [2.24, 2.45) is 0 Å². The number of nitrogens with zero attached hydrogens (tertiary/aromatic N) is 1. The minimum absolute atomic E-state index is 0.391. The summed E-state index contributed by atoms with van der Waals surface area (Å²) in [6, 6.07) is 3.93. The Morgan fingerprint density at radius 1 is 1.53 bits per heavy atom. The van der Waals surface area contributed by atoms with Gasteiger partial charge in [-0.05, 0) is 42.9 Å². The lowest BCUT2D eigenvalue weighted by Crippen LogP contribution is -1.91. The molecule has 1 aliphatic carbocycles. The van der Waals surface area contributed by atoms with Crippen molar-refractivity contribution < 1.29 is 9.90 Å². The summed E-state index contributed by atoms with van der Waals surface area (Å²) < 4.78 is 0. The maximum atomic E-state index is 11.0. The van der Waals surface area contributed by atoms with Crippen LogP contribution in [0.1, 0.15) is 46.6 Å². The first-order chi connectivity index (χ1) is 8.19. The van der Waals surface area contributed by atoms with Gasteiger partial charge >= 0.3 is 5.97 Å². The molecule has 1 fully saturated rings. The molecular formula is C13H13NO2S. The smallest absolute Gasteiger partial charge is 0.345 e. The molecule has 3 rings (SSSR count). The Kier molecular flexibility index (Phi) is 2.40. The van der Waals surface area contributed by atoms with Crippen LogP contribution < -0.4 is 0 Å². The molecule has 0 aliphatic heterocycles. The normalized spacial score (nSPS) is 15.4. The number of carboxylic acids is 1.